The molecule has 0 saturated carbocycles. The number of amides is 1. The Morgan fingerprint density at radius 2 is 1.80 bits per heavy atom. The fraction of sp³-hybridized carbons (Fsp3) is 0.765. The van der Waals surface area contributed by atoms with E-state index >= 15 is 0 Å². The molecule has 6 nitrogen and oxygen atoms in total. The molecule has 0 unspecified atom stereocenters. The number of hydrogen-bond acceptors (Lipinski definition) is 4. The van der Waals surface area contributed by atoms with Crippen molar-refractivity contribution in [1.82, 2.24) is 24.5 Å². The number of carbonyl (C=O) groups is 1. The molecule has 2 aliphatic rings. The van der Waals surface area contributed by atoms with Crippen LogP contribution in [0, 0.1) is 5.92 Å². The second kappa shape index (κ2) is 7.78. The Bertz CT molecular complexity index is 577. The fourth-order valence-corrected chi connectivity index (χ4v) is 3.84. The zero-order valence-corrected chi connectivity index (χ0v) is 14.9. The number of alkyl halides is 2. The molecule has 3 heterocycles. The van der Waals surface area contributed by atoms with Gasteiger partial charge in [-0.05, 0) is 38.8 Å². The van der Waals surface area contributed by atoms with Gasteiger partial charge in [0.2, 0.25) is 0 Å². The summed E-state index contributed by atoms with van der Waals surface area (Å²) in [4.78, 5) is 19.1. The minimum atomic E-state index is -2.71. The zero-order valence-electron chi connectivity index (χ0n) is 14.9. The third-order valence-electron chi connectivity index (χ3n) is 5.65. The van der Waals surface area contributed by atoms with Gasteiger partial charge in [-0.25, -0.2) is 4.68 Å². The predicted molar refractivity (Wildman–Crippen MR) is 90.6 cm³/mol. The average Bonchev–Trinajstić information content (AvgIpc) is 3.12. The van der Waals surface area contributed by atoms with Crippen LogP contribution in [0.2, 0.25) is 0 Å². The Balaban J connectivity index is 1.51. The summed E-state index contributed by atoms with van der Waals surface area (Å²) in [6.45, 7) is 5.33. The number of likely N-dealkylation sites (tertiary alicyclic amines) is 1. The molecule has 3 rings (SSSR count). The van der Waals surface area contributed by atoms with Crippen LogP contribution in [0.25, 0.3) is 0 Å². The molecule has 1 atom stereocenters. The first kappa shape index (κ1) is 18.3. The van der Waals surface area contributed by atoms with Gasteiger partial charge in [-0.1, -0.05) is 0 Å². The number of piperazine rings is 1. The van der Waals surface area contributed by atoms with E-state index in [2.05, 4.69) is 28.9 Å². The van der Waals surface area contributed by atoms with Crippen LogP contribution in [0.3, 0.4) is 0 Å². The van der Waals surface area contributed by atoms with E-state index in [1.807, 2.05) is 0 Å². The van der Waals surface area contributed by atoms with E-state index in [9.17, 15) is 13.6 Å². The van der Waals surface area contributed by atoms with Crippen molar-refractivity contribution in [2.75, 3.05) is 46.3 Å². The predicted octanol–water partition coefficient (Wildman–Crippen LogP) is 1.77. The normalized spacial score (nSPS) is 22.5. The SMILES string of the molecule is C[C@H](C1CCN(C(=O)c2ccn(C(F)F)n2)CC1)N1CCN(C)CC1. The van der Waals surface area contributed by atoms with Crippen molar-refractivity contribution in [3.05, 3.63) is 18.0 Å². The third kappa shape index (κ3) is 4.17. The van der Waals surface area contributed by atoms with Gasteiger partial charge in [-0.3, -0.25) is 9.69 Å². The molecule has 0 spiro atoms. The highest BCUT2D eigenvalue weighted by Crippen LogP contribution is 2.25. The van der Waals surface area contributed by atoms with Gasteiger partial charge < -0.3 is 9.80 Å². The van der Waals surface area contributed by atoms with E-state index in [0.29, 0.717) is 29.7 Å². The van der Waals surface area contributed by atoms with Crippen LogP contribution in [0.1, 0.15) is 36.8 Å². The number of halogens is 2. The summed E-state index contributed by atoms with van der Waals surface area (Å²) in [5, 5.41) is 3.68. The van der Waals surface area contributed by atoms with E-state index in [1.54, 1.807) is 4.90 Å². The largest absolute Gasteiger partial charge is 0.337 e. The van der Waals surface area contributed by atoms with Crippen molar-refractivity contribution in [3.8, 4) is 0 Å². The summed E-state index contributed by atoms with van der Waals surface area (Å²) in [6, 6.07) is 1.89. The van der Waals surface area contributed by atoms with E-state index < -0.39 is 6.55 Å². The van der Waals surface area contributed by atoms with E-state index in [-0.39, 0.29) is 11.6 Å². The average molecular weight is 355 g/mol. The molecule has 25 heavy (non-hydrogen) atoms. The zero-order chi connectivity index (χ0) is 18.0. The van der Waals surface area contributed by atoms with Gasteiger partial charge in [0.15, 0.2) is 5.69 Å². The van der Waals surface area contributed by atoms with Crippen LogP contribution in [0.5, 0.6) is 0 Å². The second-order valence-corrected chi connectivity index (χ2v) is 7.17. The fourth-order valence-electron chi connectivity index (χ4n) is 3.84. The van der Waals surface area contributed by atoms with Crippen molar-refractivity contribution < 1.29 is 13.6 Å². The molecule has 0 radical (unpaired) electrons. The summed E-state index contributed by atoms with van der Waals surface area (Å²) in [7, 11) is 2.15. The lowest BCUT2D eigenvalue weighted by Crippen LogP contribution is -2.52. The number of nitrogens with zero attached hydrogens (tertiary/aromatic N) is 5. The molecular formula is C17H27F2N5O. The Kier molecular flexibility index (Phi) is 5.68. The molecule has 1 amide bonds. The maximum Gasteiger partial charge on any atom is 0.333 e. The Morgan fingerprint density at radius 1 is 1.16 bits per heavy atom. The summed E-state index contributed by atoms with van der Waals surface area (Å²) in [5.41, 5.74) is 0.103. The molecule has 1 aromatic rings. The van der Waals surface area contributed by atoms with Gasteiger partial charge in [0.1, 0.15) is 0 Å². The van der Waals surface area contributed by atoms with Crippen molar-refractivity contribution >= 4 is 5.91 Å². The molecule has 8 heteroatoms. The highest BCUT2D eigenvalue weighted by atomic mass is 19.3. The van der Waals surface area contributed by atoms with E-state index in [0.717, 1.165) is 45.2 Å². The van der Waals surface area contributed by atoms with Gasteiger partial charge in [0.05, 0.1) is 0 Å². The van der Waals surface area contributed by atoms with Crippen LogP contribution in [0.4, 0.5) is 8.78 Å². The molecule has 0 aliphatic carbocycles. The Labute approximate surface area is 147 Å². The maximum absolute atomic E-state index is 12.6. The topological polar surface area (TPSA) is 44.6 Å². The highest BCUT2D eigenvalue weighted by Gasteiger charge is 2.31. The Morgan fingerprint density at radius 3 is 2.36 bits per heavy atom. The van der Waals surface area contributed by atoms with Crippen molar-refractivity contribution in [3.63, 3.8) is 0 Å². The number of hydrogen-bond donors (Lipinski definition) is 0. The van der Waals surface area contributed by atoms with E-state index in [1.165, 1.54) is 6.07 Å². The minimum absolute atomic E-state index is 0.103. The first-order valence-electron chi connectivity index (χ1n) is 9.01. The first-order valence-corrected chi connectivity index (χ1v) is 9.01. The second-order valence-electron chi connectivity index (χ2n) is 7.17. The lowest BCUT2D eigenvalue weighted by atomic mass is 9.89. The van der Waals surface area contributed by atoms with Crippen LogP contribution in [-0.2, 0) is 0 Å². The summed E-state index contributed by atoms with van der Waals surface area (Å²) < 4.78 is 25.7. The number of rotatable bonds is 4. The minimum Gasteiger partial charge on any atom is -0.337 e. The smallest absolute Gasteiger partial charge is 0.333 e. The highest BCUT2D eigenvalue weighted by molar-refractivity contribution is 5.92. The maximum atomic E-state index is 12.6. The van der Waals surface area contributed by atoms with Gasteiger partial charge in [0.25, 0.3) is 5.91 Å². The monoisotopic (exact) mass is 355 g/mol. The van der Waals surface area contributed by atoms with Crippen LogP contribution in [0.15, 0.2) is 12.3 Å². The van der Waals surface area contributed by atoms with Crippen LogP contribution in [-0.4, -0.2) is 82.7 Å². The molecular weight excluding hydrogens is 328 g/mol. The van der Waals surface area contributed by atoms with E-state index in [4.69, 9.17) is 0 Å². The van der Waals surface area contributed by atoms with Gasteiger partial charge in [-0.15, -0.1) is 0 Å². The van der Waals surface area contributed by atoms with Crippen molar-refractivity contribution in [1.29, 1.82) is 0 Å². The summed E-state index contributed by atoms with van der Waals surface area (Å²) in [5.74, 6) is 0.330. The molecule has 0 bridgehead atoms. The molecule has 140 valence electrons. The molecule has 0 aromatic carbocycles. The summed E-state index contributed by atoms with van der Waals surface area (Å²) in [6.07, 6.45) is 3.06. The first-order chi connectivity index (χ1) is 12.0. The number of aromatic nitrogens is 2. The van der Waals surface area contributed by atoms with Crippen molar-refractivity contribution in [2.24, 2.45) is 5.92 Å². The number of likely N-dealkylation sites (N-methyl/N-ethyl adjacent to an activating group) is 1. The summed E-state index contributed by atoms with van der Waals surface area (Å²) >= 11 is 0. The lowest BCUT2D eigenvalue weighted by molar-refractivity contribution is 0.0476. The molecule has 0 N–H and O–H groups in total. The third-order valence-corrected chi connectivity index (χ3v) is 5.65. The van der Waals surface area contributed by atoms with Crippen LogP contribution < -0.4 is 0 Å². The standard InChI is InChI=1S/C17H27F2N5O/c1-13(22-11-9-21(2)10-12-22)14-3-6-23(7-4-14)16(25)15-5-8-24(20-15)17(18)19/h5,8,13-14,17H,3-4,6-7,9-12H2,1-2H3/t13-/m1/s1. The van der Waals surface area contributed by atoms with Gasteiger partial charge >= 0.3 is 6.55 Å². The van der Waals surface area contributed by atoms with Crippen molar-refractivity contribution in [2.45, 2.75) is 32.4 Å². The molecule has 2 aliphatic heterocycles. The number of carbonyl (C=O) groups excluding carboxylic acids is 1. The lowest BCUT2D eigenvalue weighted by Gasteiger charge is -2.42. The molecule has 1 aromatic heterocycles. The van der Waals surface area contributed by atoms with Gasteiger partial charge in [-0.2, -0.15) is 13.9 Å². The molecule has 2 fully saturated rings. The van der Waals surface area contributed by atoms with Crippen LogP contribution >= 0.6 is 0 Å². The quantitative estimate of drug-likeness (QED) is 0.826. The number of piperidine rings is 1. The molecule has 2 saturated heterocycles. The van der Waals surface area contributed by atoms with Gasteiger partial charge in [0, 0.05) is 51.5 Å². The Hall–Kier alpha value is -1.54.